The van der Waals surface area contributed by atoms with Crippen molar-refractivity contribution < 1.29 is 0 Å². The van der Waals surface area contributed by atoms with Crippen LogP contribution in [-0.2, 0) is 0 Å². The van der Waals surface area contributed by atoms with Crippen LogP contribution >= 0.6 is 0 Å². The monoisotopic (exact) mass is 248 g/mol. The second kappa shape index (κ2) is 4.49. The van der Waals surface area contributed by atoms with Crippen LogP contribution in [0.4, 0.5) is 0 Å². The molecule has 18 heavy (non-hydrogen) atoms. The highest BCUT2D eigenvalue weighted by Crippen LogP contribution is 2.58. The summed E-state index contributed by atoms with van der Waals surface area (Å²) in [6.07, 6.45) is 10.5. The van der Waals surface area contributed by atoms with Crippen LogP contribution in [0.5, 0.6) is 0 Å². The molecule has 4 aliphatic rings. The molecule has 0 radical (unpaired) electrons. The average molecular weight is 248 g/mol. The second-order valence-electron chi connectivity index (χ2n) is 7.53. The lowest BCUT2D eigenvalue weighted by Crippen LogP contribution is -2.50. The minimum absolute atomic E-state index is 0.785. The summed E-state index contributed by atoms with van der Waals surface area (Å²) < 4.78 is 0. The molecule has 0 aromatic heterocycles. The van der Waals surface area contributed by atoms with Crippen LogP contribution in [0.25, 0.3) is 0 Å². The number of likely N-dealkylation sites (N-methyl/N-ethyl adjacent to an activating group) is 1. The zero-order chi connectivity index (χ0) is 12.1. The predicted molar refractivity (Wildman–Crippen MR) is 74.5 cm³/mol. The van der Waals surface area contributed by atoms with Crippen molar-refractivity contribution >= 4 is 0 Å². The van der Waals surface area contributed by atoms with Crippen molar-refractivity contribution in [1.82, 2.24) is 10.2 Å². The molecule has 0 aromatic carbocycles. The van der Waals surface area contributed by atoms with Gasteiger partial charge in [-0.2, -0.15) is 0 Å². The molecule has 4 fully saturated rings. The molecule has 0 amide bonds. The highest BCUT2D eigenvalue weighted by atomic mass is 15.1. The molecule has 6 unspecified atom stereocenters. The molecule has 2 heteroatoms. The van der Waals surface area contributed by atoms with Crippen LogP contribution in [0.3, 0.4) is 0 Å². The molecular formula is C16H28N2. The number of nitrogens with one attached hydrogen (secondary N) is 1. The minimum Gasteiger partial charge on any atom is -0.310 e. The molecule has 2 bridgehead atoms. The van der Waals surface area contributed by atoms with Gasteiger partial charge in [-0.05, 0) is 75.8 Å². The number of hydrogen-bond acceptors (Lipinski definition) is 2. The number of nitrogens with zero attached hydrogens (tertiary/aromatic N) is 1. The van der Waals surface area contributed by atoms with Gasteiger partial charge in [0.25, 0.3) is 0 Å². The van der Waals surface area contributed by atoms with Crippen LogP contribution in [0.1, 0.15) is 44.9 Å². The maximum absolute atomic E-state index is 4.05. The van der Waals surface area contributed by atoms with Crippen molar-refractivity contribution in [3.05, 3.63) is 0 Å². The zero-order valence-corrected chi connectivity index (χ0v) is 11.8. The van der Waals surface area contributed by atoms with Crippen LogP contribution in [0, 0.1) is 23.7 Å². The summed E-state index contributed by atoms with van der Waals surface area (Å²) in [5, 5.41) is 4.05. The first-order chi connectivity index (χ1) is 8.81. The summed E-state index contributed by atoms with van der Waals surface area (Å²) in [6, 6.07) is 1.67. The molecule has 3 saturated carbocycles. The Morgan fingerprint density at radius 1 is 0.944 bits per heavy atom. The third-order valence-corrected chi connectivity index (χ3v) is 6.50. The van der Waals surface area contributed by atoms with E-state index in [9.17, 15) is 0 Å². The Morgan fingerprint density at radius 2 is 1.83 bits per heavy atom. The maximum Gasteiger partial charge on any atom is 0.0198 e. The van der Waals surface area contributed by atoms with Gasteiger partial charge in [0, 0.05) is 18.6 Å². The minimum atomic E-state index is 0.785. The predicted octanol–water partition coefficient (Wildman–Crippen LogP) is 2.49. The lowest BCUT2D eigenvalue weighted by atomic mass is 9.79. The largest absolute Gasteiger partial charge is 0.310 e. The summed E-state index contributed by atoms with van der Waals surface area (Å²) >= 11 is 0. The fourth-order valence-electron chi connectivity index (χ4n) is 5.86. The highest BCUT2D eigenvalue weighted by molar-refractivity contribution is 5.06. The summed E-state index contributed by atoms with van der Waals surface area (Å²) in [4.78, 5) is 2.51. The van der Waals surface area contributed by atoms with E-state index in [-0.39, 0.29) is 0 Å². The molecule has 0 aromatic rings. The maximum atomic E-state index is 4.05. The van der Waals surface area contributed by atoms with Gasteiger partial charge in [0.15, 0.2) is 0 Å². The molecule has 1 N–H and O–H groups in total. The van der Waals surface area contributed by atoms with Crippen LogP contribution in [0.15, 0.2) is 0 Å². The Hall–Kier alpha value is -0.0800. The molecular weight excluding hydrogens is 220 g/mol. The summed E-state index contributed by atoms with van der Waals surface area (Å²) in [6.45, 7) is 2.58. The van der Waals surface area contributed by atoms with E-state index < -0.39 is 0 Å². The summed E-state index contributed by atoms with van der Waals surface area (Å²) in [5.74, 6) is 4.40. The number of hydrogen-bond donors (Lipinski definition) is 1. The molecule has 1 aliphatic heterocycles. The molecule has 0 spiro atoms. The zero-order valence-electron chi connectivity index (χ0n) is 11.8. The van der Waals surface area contributed by atoms with Gasteiger partial charge in [0.05, 0.1) is 0 Å². The first-order valence-electron chi connectivity index (χ1n) is 8.26. The van der Waals surface area contributed by atoms with Crippen molar-refractivity contribution in [3.63, 3.8) is 0 Å². The van der Waals surface area contributed by atoms with Crippen molar-refractivity contribution in [2.24, 2.45) is 23.7 Å². The molecule has 3 aliphatic carbocycles. The van der Waals surface area contributed by atoms with E-state index in [4.69, 9.17) is 0 Å². The molecule has 1 heterocycles. The van der Waals surface area contributed by atoms with Gasteiger partial charge in [-0.25, -0.2) is 0 Å². The van der Waals surface area contributed by atoms with Crippen LogP contribution < -0.4 is 5.32 Å². The van der Waals surface area contributed by atoms with E-state index >= 15 is 0 Å². The van der Waals surface area contributed by atoms with Gasteiger partial charge in [-0.3, -0.25) is 0 Å². The second-order valence-corrected chi connectivity index (χ2v) is 7.53. The van der Waals surface area contributed by atoms with Gasteiger partial charge < -0.3 is 10.2 Å². The van der Waals surface area contributed by atoms with Gasteiger partial charge in [-0.1, -0.05) is 6.42 Å². The van der Waals surface area contributed by atoms with Crippen molar-refractivity contribution in [2.45, 2.75) is 57.0 Å². The van der Waals surface area contributed by atoms with E-state index in [1.807, 2.05) is 0 Å². The first kappa shape index (κ1) is 11.7. The van der Waals surface area contributed by atoms with E-state index in [0.717, 1.165) is 35.8 Å². The topological polar surface area (TPSA) is 15.3 Å². The normalized spacial score (nSPS) is 51.8. The fraction of sp³-hybridized carbons (Fsp3) is 1.00. The molecule has 102 valence electrons. The number of piperidine rings is 1. The lowest BCUT2D eigenvalue weighted by molar-refractivity contribution is 0.164. The third kappa shape index (κ3) is 1.84. The molecule has 1 saturated heterocycles. The average Bonchev–Trinajstić information content (AvgIpc) is 2.99. The third-order valence-electron chi connectivity index (χ3n) is 6.50. The molecule has 2 nitrogen and oxygen atoms in total. The fourth-order valence-corrected chi connectivity index (χ4v) is 5.86. The van der Waals surface area contributed by atoms with E-state index in [1.54, 1.807) is 19.3 Å². The summed E-state index contributed by atoms with van der Waals surface area (Å²) in [7, 11) is 2.28. The Labute approximate surface area is 111 Å². The first-order valence-corrected chi connectivity index (χ1v) is 8.26. The lowest BCUT2D eigenvalue weighted by Gasteiger charge is -2.37. The Balaban J connectivity index is 1.39. The van der Waals surface area contributed by atoms with Gasteiger partial charge >= 0.3 is 0 Å². The van der Waals surface area contributed by atoms with Crippen molar-refractivity contribution in [2.75, 3.05) is 20.1 Å². The Bertz CT molecular complexity index is 316. The highest BCUT2D eigenvalue weighted by Gasteiger charge is 2.53. The quantitative estimate of drug-likeness (QED) is 0.808. The molecule has 4 rings (SSSR count). The van der Waals surface area contributed by atoms with Crippen molar-refractivity contribution in [1.29, 1.82) is 0 Å². The van der Waals surface area contributed by atoms with Gasteiger partial charge in [-0.15, -0.1) is 0 Å². The van der Waals surface area contributed by atoms with Gasteiger partial charge in [0.2, 0.25) is 0 Å². The molecule has 6 atom stereocenters. The van der Waals surface area contributed by atoms with E-state index in [1.165, 1.54) is 38.8 Å². The van der Waals surface area contributed by atoms with Gasteiger partial charge in [0.1, 0.15) is 0 Å². The van der Waals surface area contributed by atoms with E-state index in [0.29, 0.717) is 0 Å². The number of likely N-dealkylation sites (tertiary alicyclic amines) is 1. The Morgan fingerprint density at radius 3 is 2.72 bits per heavy atom. The van der Waals surface area contributed by atoms with Crippen LogP contribution in [0.2, 0.25) is 0 Å². The smallest absolute Gasteiger partial charge is 0.0198 e. The standard InChI is InChI=1S/C16H28N2/c1-18-7-3-4-12(10-18)17-16-9-11-8-15(16)14-6-2-5-13(11)14/h11-17H,2-10H2,1H3. The SMILES string of the molecule is CN1CCCC(NC2CC3CC2C2CCCC32)C1. The summed E-state index contributed by atoms with van der Waals surface area (Å²) in [5.41, 5.74) is 0. The van der Waals surface area contributed by atoms with Crippen LogP contribution in [-0.4, -0.2) is 37.1 Å². The Kier molecular flexibility index (Phi) is 2.92. The van der Waals surface area contributed by atoms with E-state index in [2.05, 4.69) is 17.3 Å². The number of rotatable bonds is 2. The van der Waals surface area contributed by atoms with Crippen molar-refractivity contribution in [3.8, 4) is 0 Å². The number of fused-ring (bicyclic) bond motifs is 5.